The van der Waals surface area contributed by atoms with Gasteiger partial charge in [-0.1, -0.05) is 44.6 Å². The minimum atomic E-state index is 0.496. The third-order valence-electron chi connectivity index (χ3n) is 2.58. The number of hydrogen-bond donors (Lipinski definition) is 1. The largest absolute Gasteiger partial charge is 0.311 e. The van der Waals surface area contributed by atoms with Crippen LogP contribution in [0.1, 0.15) is 38.3 Å². The molecule has 2 nitrogen and oxygen atoms in total. The summed E-state index contributed by atoms with van der Waals surface area (Å²) in [6.45, 7) is 7.35. The zero-order valence-corrected chi connectivity index (χ0v) is 10.8. The van der Waals surface area contributed by atoms with Crippen LogP contribution in [0.2, 0.25) is 0 Å². The molecule has 0 saturated heterocycles. The summed E-state index contributed by atoms with van der Waals surface area (Å²) in [5, 5.41) is 12.3. The fourth-order valence-electron chi connectivity index (χ4n) is 1.55. The van der Waals surface area contributed by atoms with Gasteiger partial charge in [-0.15, -0.1) is 0 Å². The van der Waals surface area contributed by atoms with E-state index in [1.165, 1.54) is 5.57 Å². The molecule has 0 saturated carbocycles. The molecule has 0 aliphatic rings. The Morgan fingerprint density at radius 1 is 1.47 bits per heavy atom. The standard InChI is InChI=1S/C15H20N2/c1-4-13(11-17-12(2)3)8-14-6-5-7-15(9-14)10-16/h5-9,12,17H,4,11H2,1-3H3. The average Bonchev–Trinajstić information content (AvgIpc) is 2.34. The van der Waals surface area contributed by atoms with E-state index in [0.29, 0.717) is 11.6 Å². The van der Waals surface area contributed by atoms with E-state index in [0.717, 1.165) is 18.5 Å². The molecule has 0 amide bonds. The Balaban J connectivity index is 2.79. The molecule has 0 bridgehead atoms. The Kier molecular flexibility index (Phi) is 5.45. The Morgan fingerprint density at radius 2 is 2.24 bits per heavy atom. The van der Waals surface area contributed by atoms with Gasteiger partial charge in [0.15, 0.2) is 0 Å². The van der Waals surface area contributed by atoms with Crippen molar-refractivity contribution in [3.8, 4) is 6.07 Å². The first kappa shape index (κ1) is 13.5. The second kappa shape index (κ2) is 6.88. The first-order valence-electron chi connectivity index (χ1n) is 6.08. The van der Waals surface area contributed by atoms with Gasteiger partial charge in [0, 0.05) is 12.6 Å². The van der Waals surface area contributed by atoms with Crippen molar-refractivity contribution in [2.75, 3.05) is 6.54 Å². The van der Waals surface area contributed by atoms with Crippen molar-refractivity contribution in [1.29, 1.82) is 5.26 Å². The molecule has 0 aliphatic heterocycles. The van der Waals surface area contributed by atoms with Gasteiger partial charge in [0.05, 0.1) is 11.6 Å². The van der Waals surface area contributed by atoms with Gasteiger partial charge in [0.2, 0.25) is 0 Å². The number of nitrogens with zero attached hydrogens (tertiary/aromatic N) is 1. The van der Waals surface area contributed by atoms with E-state index < -0.39 is 0 Å². The lowest BCUT2D eigenvalue weighted by Gasteiger charge is -2.10. The maximum Gasteiger partial charge on any atom is 0.0991 e. The molecule has 0 heterocycles. The van der Waals surface area contributed by atoms with Crippen molar-refractivity contribution in [3.05, 3.63) is 41.0 Å². The molecule has 90 valence electrons. The quantitative estimate of drug-likeness (QED) is 0.839. The fraction of sp³-hybridized carbons (Fsp3) is 0.400. The van der Waals surface area contributed by atoms with Gasteiger partial charge in [-0.05, 0) is 24.1 Å². The van der Waals surface area contributed by atoms with Crippen LogP contribution < -0.4 is 5.32 Å². The molecule has 2 heteroatoms. The van der Waals surface area contributed by atoms with Crippen molar-refractivity contribution in [2.45, 2.75) is 33.2 Å². The van der Waals surface area contributed by atoms with Gasteiger partial charge >= 0.3 is 0 Å². The van der Waals surface area contributed by atoms with E-state index in [-0.39, 0.29) is 0 Å². The minimum absolute atomic E-state index is 0.496. The highest BCUT2D eigenvalue weighted by Gasteiger charge is 1.98. The summed E-state index contributed by atoms with van der Waals surface area (Å²) in [5.41, 5.74) is 3.17. The lowest BCUT2D eigenvalue weighted by Crippen LogP contribution is -2.24. The third kappa shape index (κ3) is 4.84. The molecule has 0 radical (unpaired) electrons. The predicted octanol–water partition coefficient (Wildman–Crippen LogP) is 3.35. The molecule has 0 spiro atoms. The molecule has 17 heavy (non-hydrogen) atoms. The Labute approximate surface area is 104 Å². The number of nitrogens with one attached hydrogen (secondary N) is 1. The van der Waals surface area contributed by atoms with Crippen molar-refractivity contribution in [1.82, 2.24) is 5.32 Å². The molecule has 0 atom stereocenters. The van der Waals surface area contributed by atoms with Crippen LogP contribution in [0.5, 0.6) is 0 Å². The van der Waals surface area contributed by atoms with Crippen molar-refractivity contribution < 1.29 is 0 Å². The van der Waals surface area contributed by atoms with Crippen LogP contribution in [0.25, 0.3) is 6.08 Å². The zero-order valence-electron chi connectivity index (χ0n) is 10.8. The molecular formula is C15H20N2. The summed E-state index contributed by atoms with van der Waals surface area (Å²) in [7, 11) is 0. The van der Waals surface area contributed by atoms with E-state index in [2.05, 4.69) is 38.2 Å². The summed E-state index contributed by atoms with van der Waals surface area (Å²) in [4.78, 5) is 0. The highest BCUT2D eigenvalue weighted by atomic mass is 14.9. The Bertz CT molecular complexity index is 425. The SMILES string of the molecule is CCC(=Cc1cccc(C#N)c1)CNC(C)C. The van der Waals surface area contributed by atoms with Crippen LogP contribution in [-0.4, -0.2) is 12.6 Å². The van der Waals surface area contributed by atoms with E-state index >= 15 is 0 Å². The lowest BCUT2D eigenvalue weighted by atomic mass is 10.1. The summed E-state index contributed by atoms with van der Waals surface area (Å²) in [6, 6.07) is 10.4. The number of rotatable bonds is 5. The van der Waals surface area contributed by atoms with Gasteiger partial charge in [0.25, 0.3) is 0 Å². The van der Waals surface area contributed by atoms with Crippen molar-refractivity contribution >= 4 is 6.08 Å². The number of nitriles is 1. The van der Waals surface area contributed by atoms with Gasteiger partial charge in [0.1, 0.15) is 0 Å². The summed E-state index contributed by atoms with van der Waals surface area (Å²) in [5.74, 6) is 0. The number of hydrogen-bond acceptors (Lipinski definition) is 2. The lowest BCUT2D eigenvalue weighted by molar-refractivity contribution is 0.617. The first-order chi connectivity index (χ1) is 8.15. The highest BCUT2D eigenvalue weighted by Crippen LogP contribution is 2.11. The van der Waals surface area contributed by atoms with E-state index in [1.54, 1.807) is 0 Å². The maximum atomic E-state index is 8.85. The van der Waals surface area contributed by atoms with Crippen LogP contribution in [0.4, 0.5) is 0 Å². The zero-order chi connectivity index (χ0) is 12.7. The normalized spacial score (nSPS) is 11.6. The van der Waals surface area contributed by atoms with E-state index in [4.69, 9.17) is 5.26 Å². The maximum absolute atomic E-state index is 8.85. The van der Waals surface area contributed by atoms with Gasteiger partial charge in [-0.3, -0.25) is 0 Å². The molecule has 1 N–H and O–H groups in total. The number of benzene rings is 1. The van der Waals surface area contributed by atoms with Crippen molar-refractivity contribution in [2.24, 2.45) is 0 Å². The topological polar surface area (TPSA) is 35.8 Å². The third-order valence-corrected chi connectivity index (χ3v) is 2.58. The van der Waals surface area contributed by atoms with Gasteiger partial charge in [-0.25, -0.2) is 0 Å². The first-order valence-corrected chi connectivity index (χ1v) is 6.08. The van der Waals surface area contributed by atoms with Crippen LogP contribution in [0.15, 0.2) is 29.8 Å². The highest BCUT2D eigenvalue weighted by molar-refractivity contribution is 5.55. The Morgan fingerprint density at radius 3 is 2.82 bits per heavy atom. The smallest absolute Gasteiger partial charge is 0.0991 e. The van der Waals surface area contributed by atoms with E-state index in [1.807, 2.05) is 24.3 Å². The van der Waals surface area contributed by atoms with Crippen LogP contribution in [0.3, 0.4) is 0 Å². The molecule has 0 fully saturated rings. The summed E-state index contributed by atoms with van der Waals surface area (Å²) >= 11 is 0. The monoisotopic (exact) mass is 228 g/mol. The van der Waals surface area contributed by atoms with Crippen LogP contribution in [-0.2, 0) is 0 Å². The molecule has 0 unspecified atom stereocenters. The minimum Gasteiger partial charge on any atom is -0.311 e. The second-order valence-corrected chi connectivity index (χ2v) is 4.43. The molecule has 0 aliphatic carbocycles. The molecule has 0 aromatic heterocycles. The summed E-state index contributed by atoms with van der Waals surface area (Å²) < 4.78 is 0. The summed E-state index contributed by atoms with van der Waals surface area (Å²) in [6.07, 6.45) is 3.19. The molecule has 1 aromatic carbocycles. The van der Waals surface area contributed by atoms with Gasteiger partial charge in [-0.2, -0.15) is 5.26 Å². The average molecular weight is 228 g/mol. The van der Waals surface area contributed by atoms with Gasteiger partial charge < -0.3 is 5.32 Å². The molecular weight excluding hydrogens is 208 g/mol. The Hall–Kier alpha value is -1.59. The van der Waals surface area contributed by atoms with Crippen LogP contribution >= 0.6 is 0 Å². The van der Waals surface area contributed by atoms with Crippen LogP contribution in [0, 0.1) is 11.3 Å². The molecule has 1 aromatic rings. The van der Waals surface area contributed by atoms with Crippen molar-refractivity contribution in [3.63, 3.8) is 0 Å². The van der Waals surface area contributed by atoms with E-state index in [9.17, 15) is 0 Å². The second-order valence-electron chi connectivity index (χ2n) is 4.43. The molecule has 1 rings (SSSR count). The predicted molar refractivity (Wildman–Crippen MR) is 72.6 cm³/mol. The fourth-order valence-corrected chi connectivity index (χ4v) is 1.55.